The van der Waals surface area contributed by atoms with E-state index >= 15 is 0 Å². The largest absolute Gasteiger partial charge is 0.318 e. The van der Waals surface area contributed by atoms with Crippen LogP contribution in [0.15, 0.2) is 84.9 Å². The molecule has 0 unspecified atom stereocenters. The average molecular weight is 412 g/mol. The molecule has 0 saturated carbocycles. The predicted octanol–water partition coefficient (Wildman–Crippen LogP) is 3.58. The number of carbonyl (C=O) groups excluding carboxylic acids is 2. The van der Waals surface area contributed by atoms with Gasteiger partial charge in [0.05, 0.1) is 17.0 Å². The van der Waals surface area contributed by atoms with Crippen molar-refractivity contribution in [1.82, 2.24) is 20.4 Å². The lowest BCUT2D eigenvalue weighted by atomic mass is 9.91. The summed E-state index contributed by atoms with van der Waals surface area (Å²) in [7, 11) is 0. The molecule has 0 radical (unpaired) electrons. The molecule has 4 rings (SSSR count). The number of nitrogens with zero attached hydrogens (tertiary/aromatic N) is 2. The van der Waals surface area contributed by atoms with Crippen molar-refractivity contribution in [3.05, 3.63) is 102 Å². The molecule has 0 aliphatic carbocycles. The van der Waals surface area contributed by atoms with E-state index in [0.29, 0.717) is 6.42 Å². The lowest BCUT2D eigenvalue weighted by Gasteiger charge is -2.18. The Morgan fingerprint density at radius 3 is 2.03 bits per heavy atom. The van der Waals surface area contributed by atoms with Crippen LogP contribution < -0.4 is 10.9 Å². The Bertz CT molecular complexity index is 1150. The quantitative estimate of drug-likeness (QED) is 0.475. The Balaban J connectivity index is 1.49. The third-order valence-electron chi connectivity index (χ3n) is 5.20. The number of hydrogen-bond acceptors (Lipinski definition) is 3. The van der Waals surface area contributed by atoms with Gasteiger partial charge in [0.1, 0.15) is 12.4 Å². The van der Waals surface area contributed by atoms with Crippen LogP contribution in [0, 0.1) is 0 Å². The van der Waals surface area contributed by atoms with Crippen molar-refractivity contribution in [2.45, 2.75) is 25.8 Å². The Kier molecular flexibility index (Phi) is 6.08. The second-order valence-corrected chi connectivity index (χ2v) is 7.25. The number of aryl methyl sites for hydroxylation is 1. The van der Waals surface area contributed by atoms with Crippen LogP contribution in [-0.2, 0) is 22.6 Å². The van der Waals surface area contributed by atoms with E-state index in [1.807, 2.05) is 96.4 Å². The maximum absolute atomic E-state index is 13.0. The summed E-state index contributed by atoms with van der Waals surface area (Å²) >= 11 is 0. The summed E-state index contributed by atoms with van der Waals surface area (Å²) in [6.07, 6.45) is 0.707. The Morgan fingerprint density at radius 2 is 1.42 bits per heavy atom. The zero-order valence-corrected chi connectivity index (χ0v) is 17.3. The molecule has 0 aliphatic rings. The molecule has 2 N–H and O–H groups in total. The molecule has 4 aromatic rings. The van der Waals surface area contributed by atoms with Gasteiger partial charge in [-0.05, 0) is 23.3 Å². The first-order valence-electron chi connectivity index (χ1n) is 10.3. The van der Waals surface area contributed by atoms with Crippen molar-refractivity contribution in [2.75, 3.05) is 0 Å². The highest BCUT2D eigenvalue weighted by Gasteiger charge is 2.23. The van der Waals surface area contributed by atoms with E-state index < -0.39 is 5.92 Å². The molecule has 0 aliphatic heterocycles. The van der Waals surface area contributed by atoms with Crippen LogP contribution in [0.4, 0.5) is 0 Å². The molecule has 3 aromatic carbocycles. The molecule has 6 heteroatoms. The van der Waals surface area contributed by atoms with E-state index in [1.54, 1.807) is 0 Å². The zero-order chi connectivity index (χ0) is 21.6. The van der Waals surface area contributed by atoms with Crippen LogP contribution in [0.1, 0.15) is 29.8 Å². The number of rotatable bonds is 6. The molecule has 0 atom stereocenters. The number of imidazole rings is 1. The fourth-order valence-corrected chi connectivity index (χ4v) is 3.74. The number of para-hydroxylation sites is 2. The normalized spacial score (nSPS) is 10.9. The summed E-state index contributed by atoms with van der Waals surface area (Å²) in [6.45, 7) is 2.08. The number of carbonyl (C=O) groups is 2. The van der Waals surface area contributed by atoms with Crippen molar-refractivity contribution in [2.24, 2.45) is 0 Å². The molecule has 6 nitrogen and oxygen atoms in total. The fraction of sp³-hybridized carbons (Fsp3) is 0.160. The van der Waals surface area contributed by atoms with E-state index in [4.69, 9.17) is 0 Å². The monoisotopic (exact) mass is 412 g/mol. The van der Waals surface area contributed by atoms with Gasteiger partial charge in [0.25, 0.3) is 5.91 Å². The summed E-state index contributed by atoms with van der Waals surface area (Å²) < 4.78 is 1.88. The zero-order valence-electron chi connectivity index (χ0n) is 17.3. The van der Waals surface area contributed by atoms with Crippen LogP contribution in [-0.4, -0.2) is 21.4 Å². The first-order chi connectivity index (χ1) is 15.2. The standard InChI is InChI=1S/C25H24N4O2/c1-2-22-26-20-15-9-10-16-21(20)29(22)17-23(30)27-28-25(31)24(18-11-5-3-6-12-18)19-13-7-4-8-14-19/h3-16,24H,2,17H2,1H3,(H,27,30)(H,28,31). The Hall–Kier alpha value is -3.93. The number of fused-ring (bicyclic) bond motifs is 1. The van der Waals surface area contributed by atoms with E-state index in [-0.39, 0.29) is 18.4 Å². The van der Waals surface area contributed by atoms with Crippen molar-refractivity contribution >= 4 is 22.8 Å². The Labute approximate surface area is 180 Å². The van der Waals surface area contributed by atoms with Crippen molar-refractivity contribution in [3.63, 3.8) is 0 Å². The van der Waals surface area contributed by atoms with Gasteiger partial charge >= 0.3 is 0 Å². The van der Waals surface area contributed by atoms with Gasteiger partial charge in [-0.3, -0.25) is 20.4 Å². The van der Waals surface area contributed by atoms with Crippen LogP contribution in [0.3, 0.4) is 0 Å². The molecule has 0 spiro atoms. The molecule has 31 heavy (non-hydrogen) atoms. The first-order valence-corrected chi connectivity index (χ1v) is 10.3. The van der Waals surface area contributed by atoms with Gasteiger partial charge in [-0.25, -0.2) is 4.98 Å². The smallest absolute Gasteiger partial charge is 0.258 e. The third-order valence-corrected chi connectivity index (χ3v) is 5.20. The van der Waals surface area contributed by atoms with E-state index in [0.717, 1.165) is 28.0 Å². The SMILES string of the molecule is CCc1nc2ccccc2n1CC(=O)NNC(=O)C(c1ccccc1)c1ccccc1. The predicted molar refractivity (Wildman–Crippen MR) is 120 cm³/mol. The second-order valence-electron chi connectivity index (χ2n) is 7.25. The number of amides is 2. The number of benzene rings is 3. The van der Waals surface area contributed by atoms with Crippen molar-refractivity contribution < 1.29 is 9.59 Å². The minimum Gasteiger partial charge on any atom is -0.318 e. The first kappa shape index (κ1) is 20.3. The van der Waals surface area contributed by atoms with Crippen molar-refractivity contribution in [3.8, 4) is 0 Å². The summed E-state index contributed by atoms with van der Waals surface area (Å²) in [6, 6.07) is 26.7. The van der Waals surface area contributed by atoms with E-state index in [2.05, 4.69) is 15.8 Å². The van der Waals surface area contributed by atoms with Crippen LogP contribution in [0.5, 0.6) is 0 Å². The van der Waals surface area contributed by atoms with Gasteiger partial charge in [0.15, 0.2) is 0 Å². The lowest BCUT2D eigenvalue weighted by Crippen LogP contribution is -2.45. The van der Waals surface area contributed by atoms with Crippen LogP contribution >= 0.6 is 0 Å². The van der Waals surface area contributed by atoms with Crippen molar-refractivity contribution in [1.29, 1.82) is 0 Å². The highest BCUT2D eigenvalue weighted by Crippen LogP contribution is 2.24. The highest BCUT2D eigenvalue weighted by molar-refractivity contribution is 5.89. The number of nitrogens with one attached hydrogen (secondary N) is 2. The number of hydrazine groups is 1. The second kappa shape index (κ2) is 9.26. The molecule has 156 valence electrons. The minimum atomic E-state index is -0.525. The maximum atomic E-state index is 13.0. The fourth-order valence-electron chi connectivity index (χ4n) is 3.74. The molecule has 0 bridgehead atoms. The maximum Gasteiger partial charge on any atom is 0.258 e. The minimum absolute atomic E-state index is 0.0747. The topological polar surface area (TPSA) is 76.0 Å². The summed E-state index contributed by atoms with van der Waals surface area (Å²) in [5.41, 5.74) is 8.63. The molecular formula is C25H24N4O2. The van der Waals surface area contributed by atoms with E-state index in [1.165, 1.54) is 0 Å². The molecule has 0 fully saturated rings. The molecule has 1 aromatic heterocycles. The summed E-state index contributed by atoms with van der Waals surface area (Å²) in [4.78, 5) is 30.3. The average Bonchev–Trinajstić information content (AvgIpc) is 3.17. The molecular weight excluding hydrogens is 388 g/mol. The summed E-state index contributed by atoms with van der Waals surface area (Å²) in [5.74, 6) is -0.305. The number of aromatic nitrogens is 2. The van der Waals surface area contributed by atoms with Gasteiger partial charge < -0.3 is 4.57 Å². The van der Waals surface area contributed by atoms with Gasteiger partial charge in [-0.2, -0.15) is 0 Å². The summed E-state index contributed by atoms with van der Waals surface area (Å²) in [5, 5.41) is 0. The van der Waals surface area contributed by atoms with Crippen LogP contribution in [0.25, 0.3) is 11.0 Å². The molecule has 2 amide bonds. The Morgan fingerprint density at radius 1 is 0.839 bits per heavy atom. The van der Waals surface area contributed by atoms with Gasteiger partial charge in [0, 0.05) is 6.42 Å². The van der Waals surface area contributed by atoms with Crippen LogP contribution in [0.2, 0.25) is 0 Å². The molecule has 0 saturated heterocycles. The van der Waals surface area contributed by atoms with Gasteiger partial charge in [-0.15, -0.1) is 0 Å². The lowest BCUT2D eigenvalue weighted by molar-refractivity contribution is -0.129. The van der Waals surface area contributed by atoms with Gasteiger partial charge in [-0.1, -0.05) is 79.7 Å². The number of hydrogen-bond donors (Lipinski definition) is 2. The molecule has 1 heterocycles. The van der Waals surface area contributed by atoms with E-state index in [9.17, 15) is 9.59 Å². The van der Waals surface area contributed by atoms with Gasteiger partial charge in [0.2, 0.25) is 5.91 Å². The highest BCUT2D eigenvalue weighted by atomic mass is 16.2. The third kappa shape index (κ3) is 4.48.